The van der Waals surface area contributed by atoms with Gasteiger partial charge in [0.2, 0.25) is 0 Å². The van der Waals surface area contributed by atoms with Crippen LogP contribution in [0.2, 0.25) is 0 Å². The van der Waals surface area contributed by atoms with Crippen molar-refractivity contribution in [3.05, 3.63) is 77.0 Å². The van der Waals surface area contributed by atoms with Crippen LogP contribution in [0.1, 0.15) is 10.4 Å². The molecule has 0 radical (unpaired) electrons. The highest BCUT2D eigenvalue weighted by Crippen LogP contribution is 2.19. The molecule has 27 heavy (non-hydrogen) atoms. The monoisotopic (exact) mass is 358 g/mol. The number of para-hydroxylation sites is 1. The number of hydrogen-bond acceptors (Lipinski definition) is 6. The first kappa shape index (κ1) is 16.5. The lowest BCUT2D eigenvalue weighted by molar-refractivity contribution is 0.102. The molecule has 3 heterocycles. The third-order valence-corrected chi connectivity index (χ3v) is 4.02. The molecule has 0 fully saturated rings. The van der Waals surface area contributed by atoms with E-state index in [2.05, 4.69) is 25.3 Å². The summed E-state index contributed by atoms with van der Waals surface area (Å²) in [5.41, 5.74) is 0.277. The minimum Gasteiger partial charge on any atom is -0.306 e. The fourth-order valence-electron chi connectivity index (χ4n) is 2.71. The number of nitrogens with zero attached hydrogens (tertiary/aromatic N) is 5. The van der Waals surface area contributed by atoms with Gasteiger partial charge in [0.1, 0.15) is 5.82 Å². The lowest BCUT2D eigenvalue weighted by Gasteiger charge is -2.11. The van der Waals surface area contributed by atoms with E-state index in [1.165, 1.54) is 4.57 Å². The van der Waals surface area contributed by atoms with Gasteiger partial charge in [-0.1, -0.05) is 12.1 Å². The van der Waals surface area contributed by atoms with Gasteiger partial charge >= 0.3 is 0 Å². The number of pyridine rings is 1. The molecule has 1 N–H and O–H groups in total. The molecular weight excluding hydrogens is 344 g/mol. The van der Waals surface area contributed by atoms with Crippen molar-refractivity contribution in [3.8, 4) is 11.6 Å². The van der Waals surface area contributed by atoms with Crippen molar-refractivity contribution in [1.29, 1.82) is 0 Å². The summed E-state index contributed by atoms with van der Waals surface area (Å²) in [5.74, 6) is 0.597. The molecule has 8 nitrogen and oxygen atoms in total. The van der Waals surface area contributed by atoms with E-state index >= 15 is 0 Å². The average Bonchev–Trinajstić information content (AvgIpc) is 2.71. The topological polar surface area (TPSA) is 103 Å². The Balaban J connectivity index is 1.88. The molecule has 1 amide bonds. The van der Waals surface area contributed by atoms with Crippen molar-refractivity contribution in [2.24, 2.45) is 7.05 Å². The molecule has 0 atom stereocenters. The maximum Gasteiger partial charge on any atom is 0.261 e. The first-order chi connectivity index (χ1) is 13.1. The normalized spacial score (nSPS) is 10.7. The third kappa shape index (κ3) is 3.04. The van der Waals surface area contributed by atoms with Gasteiger partial charge in [0.15, 0.2) is 11.6 Å². The highest BCUT2D eigenvalue weighted by Gasteiger charge is 2.18. The van der Waals surface area contributed by atoms with Crippen molar-refractivity contribution in [2.45, 2.75) is 0 Å². The lowest BCUT2D eigenvalue weighted by Crippen LogP contribution is -2.23. The SMILES string of the molecule is Cn1c(-c2ncccn2)nc2c(C(=O)Nc3ccccn3)cccc2c1=O. The summed E-state index contributed by atoms with van der Waals surface area (Å²) in [6, 6.07) is 11.8. The van der Waals surface area contributed by atoms with Crippen molar-refractivity contribution >= 4 is 22.6 Å². The van der Waals surface area contributed by atoms with Gasteiger partial charge in [-0.15, -0.1) is 0 Å². The summed E-state index contributed by atoms with van der Waals surface area (Å²) in [5, 5.41) is 3.05. The largest absolute Gasteiger partial charge is 0.306 e. The first-order valence-electron chi connectivity index (χ1n) is 8.14. The van der Waals surface area contributed by atoms with E-state index < -0.39 is 5.91 Å². The molecule has 0 aliphatic heterocycles. The molecule has 0 unspecified atom stereocenters. The predicted molar refractivity (Wildman–Crippen MR) is 100 cm³/mol. The van der Waals surface area contributed by atoms with E-state index in [0.717, 1.165) is 0 Å². The number of anilines is 1. The van der Waals surface area contributed by atoms with E-state index in [9.17, 15) is 9.59 Å². The number of aromatic nitrogens is 5. The average molecular weight is 358 g/mol. The quantitative estimate of drug-likeness (QED) is 0.601. The number of fused-ring (bicyclic) bond motifs is 1. The van der Waals surface area contributed by atoms with Gasteiger partial charge in [-0.3, -0.25) is 14.2 Å². The van der Waals surface area contributed by atoms with E-state index in [-0.39, 0.29) is 22.5 Å². The second-order valence-electron chi connectivity index (χ2n) is 5.74. The van der Waals surface area contributed by atoms with Crippen LogP contribution in [0.25, 0.3) is 22.6 Å². The van der Waals surface area contributed by atoms with Crippen molar-refractivity contribution in [1.82, 2.24) is 24.5 Å². The van der Waals surface area contributed by atoms with Crippen LogP contribution in [0.4, 0.5) is 5.82 Å². The molecule has 0 aliphatic rings. The Morgan fingerprint density at radius 1 is 0.963 bits per heavy atom. The zero-order valence-electron chi connectivity index (χ0n) is 14.3. The van der Waals surface area contributed by atoms with Crippen molar-refractivity contribution in [2.75, 3.05) is 5.32 Å². The van der Waals surface area contributed by atoms with E-state index in [1.807, 2.05) is 0 Å². The number of nitrogens with one attached hydrogen (secondary N) is 1. The molecule has 3 aromatic heterocycles. The molecule has 0 saturated heterocycles. The minimum atomic E-state index is -0.403. The molecule has 4 rings (SSSR count). The third-order valence-electron chi connectivity index (χ3n) is 4.02. The predicted octanol–water partition coefficient (Wildman–Crippen LogP) is 2.04. The Labute approximate surface area is 153 Å². The Morgan fingerprint density at radius 3 is 2.48 bits per heavy atom. The molecule has 0 spiro atoms. The van der Waals surface area contributed by atoms with Gasteiger partial charge in [0.05, 0.1) is 16.5 Å². The number of carbonyl (C=O) groups excluding carboxylic acids is 1. The summed E-state index contributed by atoms with van der Waals surface area (Å²) in [6.45, 7) is 0. The van der Waals surface area contributed by atoms with Crippen LogP contribution in [0.5, 0.6) is 0 Å². The van der Waals surface area contributed by atoms with Crippen LogP contribution < -0.4 is 10.9 Å². The smallest absolute Gasteiger partial charge is 0.261 e. The molecule has 4 aromatic rings. The maximum absolute atomic E-state index is 12.8. The minimum absolute atomic E-state index is 0.271. The van der Waals surface area contributed by atoms with Gasteiger partial charge in [-0.25, -0.2) is 19.9 Å². The Kier molecular flexibility index (Phi) is 4.13. The van der Waals surface area contributed by atoms with Crippen LogP contribution in [-0.4, -0.2) is 30.4 Å². The molecule has 8 heteroatoms. The number of carbonyl (C=O) groups is 1. The summed E-state index contributed by atoms with van der Waals surface area (Å²) >= 11 is 0. The second-order valence-corrected chi connectivity index (χ2v) is 5.74. The molecule has 0 aliphatic carbocycles. The fourth-order valence-corrected chi connectivity index (χ4v) is 2.71. The van der Waals surface area contributed by atoms with Gasteiger partial charge in [0.25, 0.3) is 11.5 Å². The van der Waals surface area contributed by atoms with Gasteiger partial charge in [-0.05, 0) is 30.3 Å². The second kappa shape index (κ2) is 6.75. The number of benzene rings is 1. The molecule has 0 bridgehead atoms. The molecule has 0 saturated carbocycles. The van der Waals surface area contributed by atoms with Crippen molar-refractivity contribution in [3.63, 3.8) is 0 Å². The highest BCUT2D eigenvalue weighted by atomic mass is 16.2. The zero-order valence-corrected chi connectivity index (χ0v) is 14.3. The Morgan fingerprint density at radius 2 is 1.74 bits per heavy atom. The van der Waals surface area contributed by atoms with Crippen LogP contribution in [0, 0.1) is 0 Å². The van der Waals surface area contributed by atoms with Crippen LogP contribution in [-0.2, 0) is 7.05 Å². The van der Waals surface area contributed by atoms with Crippen LogP contribution in [0.15, 0.2) is 65.8 Å². The van der Waals surface area contributed by atoms with Gasteiger partial charge in [-0.2, -0.15) is 0 Å². The van der Waals surface area contributed by atoms with Gasteiger partial charge in [0, 0.05) is 25.6 Å². The summed E-state index contributed by atoms with van der Waals surface area (Å²) < 4.78 is 1.37. The van der Waals surface area contributed by atoms with E-state index in [1.54, 1.807) is 68.1 Å². The van der Waals surface area contributed by atoms with Gasteiger partial charge < -0.3 is 5.32 Å². The Bertz CT molecular complexity index is 1190. The molecule has 132 valence electrons. The number of rotatable bonds is 3. The van der Waals surface area contributed by atoms with E-state index in [0.29, 0.717) is 17.0 Å². The summed E-state index contributed by atoms with van der Waals surface area (Å²) in [6.07, 6.45) is 4.72. The van der Waals surface area contributed by atoms with Crippen LogP contribution >= 0.6 is 0 Å². The number of amides is 1. The Hall–Kier alpha value is -3.94. The van der Waals surface area contributed by atoms with E-state index in [4.69, 9.17) is 0 Å². The van der Waals surface area contributed by atoms with Crippen molar-refractivity contribution < 1.29 is 4.79 Å². The maximum atomic E-state index is 12.8. The lowest BCUT2D eigenvalue weighted by atomic mass is 10.1. The standard InChI is InChI=1S/C19H14N6O2/c1-25-17(16-21-10-5-11-22-16)24-15-12(6-4-7-13(15)19(25)27)18(26)23-14-8-2-3-9-20-14/h2-11H,1H3,(H,20,23,26). The zero-order chi connectivity index (χ0) is 18.8. The summed E-state index contributed by atoms with van der Waals surface area (Å²) in [7, 11) is 1.60. The van der Waals surface area contributed by atoms with Crippen LogP contribution in [0.3, 0.4) is 0 Å². The first-order valence-corrected chi connectivity index (χ1v) is 8.14. The number of hydrogen-bond donors (Lipinski definition) is 1. The summed E-state index contributed by atoms with van der Waals surface area (Å²) in [4.78, 5) is 42.4. The highest BCUT2D eigenvalue weighted by molar-refractivity contribution is 6.11. The molecule has 1 aromatic carbocycles. The fraction of sp³-hybridized carbons (Fsp3) is 0.0526. The molecular formula is C19H14N6O2.